The minimum absolute atomic E-state index is 0. The number of piperazine rings is 1. The molecule has 112 valence electrons. The maximum atomic E-state index is 12.2. The molecule has 0 aliphatic carbocycles. The van der Waals surface area contributed by atoms with Crippen molar-refractivity contribution in [3.63, 3.8) is 0 Å². The molecule has 1 fully saturated rings. The van der Waals surface area contributed by atoms with Gasteiger partial charge in [-0.25, -0.2) is 4.79 Å². The lowest BCUT2D eigenvalue weighted by atomic mass is 10.2. The Kier molecular flexibility index (Phi) is 5.97. The molecule has 1 aliphatic heterocycles. The maximum Gasteiger partial charge on any atom is 0.328 e. The number of H-pyrrole nitrogens is 1. The Labute approximate surface area is 129 Å². The maximum absolute atomic E-state index is 12.2. The monoisotopic (exact) mass is 366 g/mol. The summed E-state index contributed by atoms with van der Waals surface area (Å²) in [6.07, 6.45) is 1.34. The highest BCUT2D eigenvalue weighted by atomic mass is 79.9. The molecule has 1 atom stereocenters. The number of hydrogen-bond donors (Lipinski definition) is 2. The number of nitrogens with one attached hydrogen (secondary N) is 2. The quantitative estimate of drug-likeness (QED) is 0.741. The summed E-state index contributed by atoms with van der Waals surface area (Å²) in [4.78, 5) is 38.9. The van der Waals surface area contributed by atoms with Gasteiger partial charge in [0.2, 0.25) is 5.91 Å². The van der Waals surface area contributed by atoms with Crippen LogP contribution in [0, 0.1) is 0 Å². The Hall–Kier alpha value is -1.12. The van der Waals surface area contributed by atoms with Gasteiger partial charge in [-0.05, 0) is 22.9 Å². The molecule has 1 aromatic rings. The first-order valence-electron chi connectivity index (χ1n) is 5.98. The minimum atomic E-state index is -0.579. The van der Waals surface area contributed by atoms with Crippen LogP contribution in [-0.4, -0.2) is 46.0 Å². The molecule has 2 rings (SSSR count). The topological polar surface area (TPSA) is 87.2 Å². The summed E-state index contributed by atoms with van der Waals surface area (Å²) >= 11 is 3.04. The summed E-state index contributed by atoms with van der Waals surface area (Å²) in [5.41, 5.74) is -1.08. The van der Waals surface area contributed by atoms with E-state index in [1.54, 1.807) is 4.90 Å². The van der Waals surface area contributed by atoms with Crippen LogP contribution < -0.4 is 16.6 Å². The third-order valence-corrected chi connectivity index (χ3v) is 3.66. The van der Waals surface area contributed by atoms with Crippen molar-refractivity contribution < 1.29 is 4.79 Å². The van der Waals surface area contributed by atoms with Gasteiger partial charge in [0.25, 0.3) is 5.56 Å². The fourth-order valence-corrected chi connectivity index (χ4v) is 2.39. The first-order chi connectivity index (χ1) is 8.99. The van der Waals surface area contributed by atoms with Crippen LogP contribution in [0.1, 0.15) is 6.92 Å². The van der Waals surface area contributed by atoms with E-state index in [2.05, 4.69) is 26.2 Å². The van der Waals surface area contributed by atoms with Gasteiger partial charge in [-0.15, -0.1) is 12.4 Å². The Morgan fingerprint density at radius 3 is 2.85 bits per heavy atom. The predicted molar refractivity (Wildman–Crippen MR) is 80.3 cm³/mol. The van der Waals surface area contributed by atoms with Gasteiger partial charge in [0, 0.05) is 31.9 Å². The SMILES string of the molecule is C[C@@H]1CNCCN1C(=O)Cn1cc(Br)c(=O)[nH]c1=O.Cl. The summed E-state index contributed by atoms with van der Waals surface area (Å²) in [5.74, 6) is -0.130. The molecule has 2 heterocycles. The van der Waals surface area contributed by atoms with E-state index in [1.165, 1.54) is 10.8 Å². The molecular formula is C11H16BrClN4O3. The fourth-order valence-electron chi connectivity index (χ4n) is 2.05. The van der Waals surface area contributed by atoms with Crippen LogP contribution in [0.3, 0.4) is 0 Å². The standard InChI is InChI=1S/C11H15BrN4O3.ClH/c1-7-4-13-2-3-16(7)9(17)6-15-5-8(12)10(18)14-11(15)19;/h5,7,13H,2-4,6H2,1H3,(H,14,18,19);1H/t7-;/m1./s1. The number of aromatic nitrogens is 2. The Bertz CT molecular complexity index is 600. The predicted octanol–water partition coefficient (Wildman–Crippen LogP) is -0.459. The van der Waals surface area contributed by atoms with Crippen LogP contribution in [0.2, 0.25) is 0 Å². The molecule has 9 heteroatoms. The van der Waals surface area contributed by atoms with E-state index < -0.39 is 11.2 Å². The van der Waals surface area contributed by atoms with Crippen molar-refractivity contribution in [3.05, 3.63) is 31.5 Å². The van der Waals surface area contributed by atoms with E-state index >= 15 is 0 Å². The van der Waals surface area contributed by atoms with Crippen LogP contribution in [0.15, 0.2) is 20.3 Å². The number of rotatable bonds is 2. The Morgan fingerprint density at radius 1 is 1.50 bits per heavy atom. The first kappa shape index (κ1) is 16.9. The molecule has 1 saturated heterocycles. The number of hydrogen-bond acceptors (Lipinski definition) is 4. The smallest absolute Gasteiger partial charge is 0.328 e. The van der Waals surface area contributed by atoms with Crippen LogP contribution in [-0.2, 0) is 11.3 Å². The molecule has 0 unspecified atom stereocenters. The number of aromatic amines is 1. The van der Waals surface area contributed by atoms with Gasteiger partial charge >= 0.3 is 5.69 Å². The second-order valence-electron chi connectivity index (χ2n) is 4.50. The first-order valence-corrected chi connectivity index (χ1v) is 6.78. The molecule has 0 spiro atoms. The second kappa shape index (κ2) is 7.05. The van der Waals surface area contributed by atoms with E-state index in [9.17, 15) is 14.4 Å². The Morgan fingerprint density at radius 2 is 2.20 bits per heavy atom. The highest BCUT2D eigenvalue weighted by Crippen LogP contribution is 2.04. The van der Waals surface area contributed by atoms with Crippen LogP contribution >= 0.6 is 28.3 Å². The highest BCUT2D eigenvalue weighted by molar-refractivity contribution is 9.10. The van der Waals surface area contributed by atoms with Gasteiger partial charge in [0.15, 0.2) is 0 Å². The van der Waals surface area contributed by atoms with E-state index in [-0.39, 0.29) is 35.4 Å². The summed E-state index contributed by atoms with van der Waals surface area (Å²) < 4.78 is 1.43. The summed E-state index contributed by atoms with van der Waals surface area (Å²) in [6, 6.07) is 0.100. The number of carbonyl (C=O) groups excluding carboxylic acids is 1. The Balaban J connectivity index is 0.00000200. The van der Waals surface area contributed by atoms with Crippen LogP contribution in [0.5, 0.6) is 0 Å². The van der Waals surface area contributed by atoms with Gasteiger partial charge in [0.1, 0.15) is 6.54 Å². The zero-order valence-electron chi connectivity index (χ0n) is 10.9. The lowest BCUT2D eigenvalue weighted by Crippen LogP contribution is -2.53. The number of nitrogens with zero attached hydrogens (tertiary/aromatic N) is 2. The van der Waals surface area contributed by atoms with Gasteiger partial charge in [-0.3, -0.25) is 19.1 Å². The van der Waals surface area contributed by atoms with Gasteiger partial charge in [-0.2, -0.15) is 0 Å². The van der Waals surface area contributed by atoms with E-state index in [0.717, 1.165) is 13.1 Å². The van der Waals surface area contributed by atoms with E-state index in [0.29, 0.717) is 6.54 Å². The largest absolute Gasteiger partial charge is 0.336 e. The zero-order chi connectivity index (χ0) is 14.0. The number of amides is 1. The summed E-state index contributed by atoms with van der Waals surface area (Å²) in [6.45, 7) is 4.00. The summed E-state index contributed by atoms with van der Waals surface area (Å²) in [5, 5.41) is 3.19. The van der Waals surface area contributed by atoms with Crippen molar-refractivity contribution in [2.45, 2.75) is 19.5 Å². The lowest BCUT2D eigenvalue weighted by Gasteiger charge is -2.34. The molecule has 20 heavy (non-hydrogen) atoms. The van der Waals surface area contributed by atoms with E-state index in [1.807, 2.05) is 6.92 Å². The van der Waals surface area contributed by atoms with Gasteiger partial charge in [0.05, 0.1) is 4.47 Å². The third kappa shape index (κ3) is 3.71. The molecule has 0 bridgehead atoms. The second-order valence-corrected chi connectivity index (χ2v) is 5.36. The van der Waals surface area contributed by atoms with Crippen molar-refractivity contribution in [1.82, 2.24) is 19.8 Å². The molecular weight excluding hydrogens is 352 g/mol. The molecule has 0 radical (unpaired) electrons. The fraction of sp³-hybridized carbons (Fsp3) is 0.545. The molecule has 7 nitrogen and oxygen atoms in total. The van der Waals surface area contributed by atoms with Crippen molar-refractivity contribution in [2.75, 3.05) is 19.6 Å². The lowest BCUT2D eigenvalue weighted by molar-refractivity contribution is -0.134. The normalized spacial score (nSPS) is 18.5. The summed E-state index contributed by atoms with van der Waals surface area (Å²) in [7, 11) is 0. The number of halogens is 2. The van der Waals surface area contributed by atoms with Crippen molar-refractivity contribution in [1.29, 1.82) is 0 Å². The average molecular weight is 368 g/mol. The molecule has 0 saturated carbocycles. The molecule has 2 N–H and O–H groups in total. The van der Waals surface area contributed by atoms with Crippen molar-refractivity contribution in [3.8, 4) is 0 Å². The van der Waals surface area contributed by atoms with Crippen molar-refractivity contribution in [2.24, 2.45) is 0 Å². The van der Waals surface area contributed by atoms with E-state index in [4.69, 9.17) is 0 Å². The van der Waals surface area contributed by atoms with Crippen molar-refractivity contribution >= 4 is 34.2 Å². The molecule has 1 aromatic heterocycles. The third-order valence-electron chi connectivity index (χ3n) is 3.09. The highest BCUT2D eigenvalue weighted by Gasteiger charge is 2.23. The average Bonchev–Trinajstić information content (AvgIpc) is 2.36. The van der Waals surface area contributed by atoms with Gasteiger partial charge in [-0.1, -0.05) is 0 Å². The van der Waals surface area contributed by atoms with Gasteiger partial charge < -0.3 is 10.2 Å². The molecule has 1 amide bonds. The molecule has 1 aliphatic rings. The zero-order valence-corrected chi connectivity index (χ0v) is 13.3. The molecule has 0 aromatic carbocycles. The number of carbonyl (C=O) groups is 1. The van der Waals surface area contributed by atoms with Crippen LogP contribution in [0.25, 0.3) is 0 Å². The van der Waals surface area contributed by atoms with Crippen LogP contribution in [0.4, 0.5) is 0 Å². The minimum Gasteiger partial charge on any atom is -0.336 e.